The molecule has 0 aromatic heterocycles. The van der Waals surface area contributed by atoms with Gasteiger partial charge in [-0.05, 0) is 38.8 Å². The molecule has 0 radical (unpaired) electrons. The van der Waals surface area contributed by atoms with Gasteiger partial charge in [0, 0.05) is 24.8 Å². The number of rotatable bonds is 4. The molecule has 2 N–H and O–H groups in total. The van der Waals surface area contributed by atoms with Crippen LogP contribution in [0.4, 0.5) is 10.5 Å². The highest BCUT2D eigenvalue weighted by Gasteiger charge is 2.27. The fourth-order valence-corrected chi connectivity index (χ4v) is 3.58. The molecule has 1 aliphatic heterocycles. The molecule has 1 aromatic carbocycles. The van der Waals surface area contributed by atoms with Crippen LogP contribution in [0.2, 0.25) is 0 Å². The van der Waals surface area contributed by atoms with Gasteiger partial charge in [0.1, 0.15) is 0 Å². The molecule has 1 heterocycles. The lowest BCUT2D eigenvalue weighted by Crippen LogP contribution is -2.47. The Hall–Kier alpha value is -1.60. The van der Waals surface area contributed by atoms with E-state index in [-0.39, 0.29) is 17.8 Å². The summed E-state index contributed by atoms with van der Waals surface area (Å²) in [6, 6.07) is 7.33. The van der Waals surface area contributed by atoms with Gasteiger partial charge in [-0.2, -0.15) is 0 Å². The molecule has 1 fully saturated rings. The van der Waals surface area contributed by atoms with E-state index in [9.17, 15) is 13.2 Å². The Labute approximate surface area is 131 Å². The summed E-state index contributed by atoms with van der Waals surface area (Å²) >= 11 is 0. The van der Waals surface area contributed by atoms with Crippen LogP contribution in [0.1, 0.15) is 25.3 Å². The van der Waals surface area contributed by atoms with Crippen molar-refractivity contribution in [2.24, 2.45) is 0 Å². The predicted octanol–water partition coefficient (Wildman–Crippen LogP) is 1.93. The number of sulfonamides is 1. The average Bonchev–Trinajstić information content (AvgIpc) is 2.50. The highest BCUT2D eigenvalue weighted by atomic mass is 32.2. The first-order valence-electron chi connectivity index (χ1n) is 7.52. The maximum atomic E-state index is 11.9. The molecule has 0 unspecified atom stereocenters. The zero-order chi connectivity index (χ0) is 16.2. The largest absolute Gasteiger partial charge is 0.335 e. The molecule has 1 aliphatic rings. The second kappa shape index (κ2) is 7.11. The molecule has 0 bridgehead atoms. The van der Waals surface area contributed by atoms with Gasteiger partial charge in [0.05, 0.1) is 5.75 Å². The second-order valence-electron chi connectivity index (χ2n) is 5.54. The minimum absolute atomic E-state index is 0.00811. The molecule has 1 aromatic rings. The maximum absolute atomic E-state index is 11.9. The Morgan fingerprint density at radius 3 is 2.36 bits per heavy atom. The van der Waals surface area contributed by atoms with E-state index in [4.69, 9.17) is 0 Å². The molecule has 2 rings (SSSR count). The number of aryl methyl sites for hydroxylation is 1. The summed E-state index contributed by atoms with van der Waals surface area (Å²) in [6.45, 7) is 4.56. The lowest BCUT2D eigenvalue weighted by atomic mass is 10.1. The van der Waals surface area contributed by atoms with E-state index >= 15 is 0 Å². The quantitative estimate of drug-likeness (QED) is 0.888. The van der Waals surface area contributed by atoms with Gasteiger partial charge < -0.3 is 10.6 Å². The lowest BCUT2D eigenvalue weighted by Gasteiger charge is -2.31. The molecule has 0 spiro atoms. The third-order valence-corrected chi connectivity index (χ3v) is 5.74. The molecular formula is C15H23N3O3S. The Balaban J connectivity index is 1.80. The number of nitrogens with one attached hydrogen (secondary N) is 2. The maximum Gasteiger partial charge on any atom is 0.319 e. The molecule has 2 amide bonds. The van der Waals surface area contributed by atoms with Crippen LogP contribution in [0.5, 0.6) is 0 Å². The number of anilines is 1. The van der Waals surface area contributed by atoms with Gasteiger partial charge in [-0.15, -0.1) is 0 Å². The monoisotopic (exact) mass is 325 g/mol. The topological polar surface area (TPSA) is 78.5 Å². The summed E-state index contributed by atoms with van der Waals surface area (Å²) in [6.07, 6.45) is 1.28. The van der Waals surface area contributed by atoms with Crippen LogP contribution in [-0.4, -0.2) is 43.6 Å². The van der Waals surface area contributed by atoms with Crippen LogP contribution in [0.3, 0.4) is 0 Å². The summed E-state index contributed by atoms with van der Waals surface area (Å²) in [5.41, 5.74) is 1.88. The van der Waals surface area contributed by atoms with Crippen LogP contribution in [0.15, 0.2) is 24.3 Å². The number of amides is 2. The number of nitrogens with zero attached hydrogens (tertiary/aromatic N) is 1. The van der Waals surface area contributed by atoms with Gasteiger partial charge in [0.25, 0.3) is 0 Å². The summed E-state index contributed by atoms with van der Waals surface area (Å²) in [5.74, 6) is 0.124. The Bertz CT molecular complexity index is 605. The van der Waals surface area contributed by atoms with Crippen LogP contribution in [0, 0.1) is 6.92 Å². The molecular weight excluding hydrogens is 302 g/mol. The van der Waals surface area contributed by atoms with Crippen molar-refractivity contribution in [1.29, 1.82) is 0 Å². The SMILES string of the molecule is CCS(=O)(=O)N1CCC(NC(=O)Nc2ccc(C)cc2)CC1. The van der Waals surface area contributed by atoms with E-state index < -0.39 is 10.0 Å². The molecule has 6 nitrogen and oxygen atoms in total. The van der Waals surface area contributed by atoms with Gasteiger partial charge in [-0.3, -0.25) is 0 Å². The third-order valence-electron chi connectivity index (χ3n) is 3.86. The Morgan fingerprint density at radius 1 is 1.23 bits per heavy atom. The molecule has 0 saturated carbocycles. The first-order chi connectivity index (χ1) is 10.4. The smallest absolute Gasteiger partial charge is 0.319 e. The molecule has 0 atom stereocenters. The molecule has 7 heteroatoms. The highest BCUT2D eigenvalue weighted by Crippen LogP contribution is 2.15. The average molecular weight is 325 g/mol. The zero-order valence-corrected chi connectivity index (χ0v) is 13.8. The van der Waals surface area contributed by atoms with Crippen molar-refractivity contribution in [2.45, 2.75) is 32.7 Å². The van der Waals surface area contributed by atoms with Crippen LogP contribution in [0.25, 0.3) is 0 Å². The molecule has 0 aliphatic carbocycles. The number of carbonyl (C=O) groups is 1. The van der Waals surface area contributed by atoms with E-state index in [0.717, 1.165) is 11.3 Å². The number of hydrogen-bond donors (Lipinski definition) is 2. The Morgan fingerprint density at radius 2 is 1.82 bits per heavy atom. The molecule has 22 heavy (non-hydrogen) atoms. The van der Waals surface area contributed by atoms with Gasteiger partial charge in [-0.25, -0.2) is 17.5 Å². The van der Waals surface area contributed by atoms with Crippen LogP contribution < -0.4 is 10.6 Å². The van der Waals surface area contributed by atoms with Crippen molar-refractivity contribution < 1.29 is 13.2 Å². The lowest BCUT2D eigenvalue weighted by molar-refractivity contribution is 0.238. The fourth-order valence-electron chi connectivity index (χ4n) is 2.45. The number of urea groups is 1. The number of carbonyl (C=O) groups excluding carboxylic acids is 1. The minimum Gasteiger partial charge on any atom is -0.335 e. The summed E-state index contributed by atoms with van der Waals surface area (Å²) in [7, 11) is -3.12. The van der Waals surface area contributed by atoms with Gasteiger partial charge in [0.15, 0.2) is 0 Å². The first-order valence-corrected chi connectivity index (χ1v) is 9.13. The Kier molecular flexibility index (Phi) is 5.42. The fraction of sp³-hybridized carbons (Fsp3) is 0.533. The van der Waals surface area contributed by atoms with Crippen LogP contribution >= 0.6 is 0 Å². The van der Waals surface area contributed by atoms with Gasteiger partial charge in [-0.1, -0.05) is 17.7 Å². The van der Waals surface area contributed by atoms with Crippen molar-refractivity contribution in [2.75, 3.05) is 24.2 Å². The van der Waals surface area contributed by atoms with E-state index in [0.29, 0.717) is 25.9 Å². The molecule has 1 saturated heterocycles. The predicted molar refractivity (Wildman–Crippen MR) is 87.4 cm³/mol. The van der Waals surface area contributed by atoms with Crippen LogP contribution in [-0.2, 0) is 10.0 Å². The minimum atomic E-state index is -3.12. The normalized spacial score (nSPS) is 17.2. The van der Waals surface area contributed by atoms with Crippen molar-refractivity contribution in [3.05, 3.63) is 29.8 Å². The molecule has 122 valence electrons. The van der Waals surface area contributed by atoms with E-state index in [2.05, 4.69) is 10.6 Å². The van der Waals surface area contributed by atoms with Gasteiger partial charge in [0.2, 0.25) is 10.0 Å². The van der Waals surface area contributed by atoms with E-state index in [1.807, 2.05) is 31.2 Å². The summed E-state index contributed by atoms with van der Waals surface area (Å²) in [5, 5.41) is 5.69. The van der Waals surface area contributed by atoms with E-state index in [1.165, 1.54) is 4.31 Å². The second-order valence-corrected chi connectivity index (χ2v) is 7.80. The number of hydrogen-bond acceptors (Lipinski definition) is 3. The first kappa shape index (κ1) is 16.8. The standard InChI is InChI=1S/C15H23N3O3S/c1-3-22(20,21)18-10-8-14(9-11-18)17-15(19)16-13-6-4-12(2)5-7-13/h4-7,14H,3,8-11H2,1-2H3,(H2,16,17,19). The van der Waals surface area contributed by atoms with Crippen molar-refractivity contribution in [1.82, 2.24) is 9.62 Å². The third kappa shape index (κ3) is 4.45. The summed E-state index contributed by atoms with van der Waals surface area (Å²) < 4.78 is 25.1. The zero-order valence-electron chi connectivity index (χ0n) is 13.0. The number of piperidine rings is 1. The van der Waals surface area contributed by atoms with E-state index in [1.54, 1.807) is 6.92 Å². The van der Waals surface area contributed by atoms with Crippen molar-refractivity contribution >= 4 is 21.7 Å². The summed E-state index contributed by atoms with van der Waals surface area (Å²) in [4.78, 5) is 11.9. The highest BCUT2D eigenvalue weighted by molar-refractivity contribution is 7.89. The van der Waals surface area contributed by atoms with Crippen molar-refractivity contribution in [3.8, 4) is 0 Å². The van der Waals surface area contributed by atoms with Crippen molar-refractivity contribution in [3.63, 3.8) is 0 Å². The van der Waals surface area contributed by atoms with Gasteiger partial charge >= 0.3 is 6.03 Å². The number of benzene rings is 1.